The van der Waals surface area contributed by atoms with E-state index in [9.17, 15) is 0 Å². The van der Waals surface area contributed by atoms with Crippen molar-refractivity contribution in [1.82, 2.24) is 23.7 Å². The number of rotatable bonds is 7. The molecule has 0 aliphatic heterocycles. The Balaban J connectivity index is 1.07. The van der Waals surface area contributed by atoms with Gasteiger partial charge in [0.2, 0.25) is 0 Å². The maximum atomic E-state index is 6.82. The van der Waals surface area contributed by atoms with E-state index in [1.807, 2.05) is 36.4 Å². The Hall–Kier alpha value is -10.3. The first-order valence-electron chi connectivity index (χ1n) is 25.8. The summed E-state index contributed by atoms with van der Waals surface area (Å²) in [5, 5.41) is 8.14. The Labute approximate surface area is 436 Å². The number of benzene rings is 11. The van der Waals surface area contributed by atoms with Gasteiger partial charge in [-0.3, -0.25) is 0 Å². The van der Waals surface area contributed by atoms with Crippen molar-refractivity contribution in [2.24, 2.45) is 0 Å². The van der Waals surface area contributed by atoms with Crippen LogP contribution in [0.1, 0.15) is 0 Å². The molecule has 0 aliphatic carbocycles. The van der Waals surface area contributed by atoms with E-state index in [0.717, 1.165) is 116 Å². The third kappa shape index (κ3) is 6.28. The van der Waals surface area contributed by atoms with E-state index in [1.54, 1.807) is 0 Å². The number of aromatic nitrogens is 5. The van der Waals surface area contributed by atoms with E-state index in [0.29, 0.717) is 11.4 Å². The highest BCUT2D eigenvalue weighted by Crippen LogP contribution is 2.48. The molecule has 76 heavy (non-hydrogen) atoms. The largest absolute Gasteiger partial charge is 0.452 e. The summed E-state index contributed by atoms with van der Waals surface area (Å²) in [6.07, 6.45) is 0. The molecule has 0 N–H and O–H groups in total. The van der Waals surface area contributed by atoms with Crippen LogP contribution in [0.4, 0.5) is 0 Å². The van der Waals surface area contributed by atoms with E-state index < -0.39 is 0 Å². The molecule has 0 saturated carbocycles. The van der Waals surface area contributed by atoms with Crippen molar-refractivity contribution in [3.05, 3.63) is 261 Å². The Bertz CT molecular complexity index is 4820. The van der Waals surface area contributed by atoms with Gasteiger partial charge in [0.05, 0.1) is 44.5 Å². The standard InChI is InChI=1S/C70H43N5O/c1-4-21-44(22-5-1)55-41-47(66-69-67(54-31-14-19-38-64(54)76-69)72-70(71-66)46-25-8-3-9-26-46)42-56(45-23-6-2-7-24-45)68(55)75-62-37-20-36-61(74-59-34-17-12-29-51(59)52-30-13-18-35-60(52)74)65(62)53-40-39-48(43-63(53)75)73-57-32-15-10-27-49(57)50-28-11-16-33-58(50)73/h1-43H. The minimum Gasteiger partial charge on any atom is -0.452 e. The maximum absolute atomic E-state index is 6.82. The van der Waals surface area contributed by atoms with Gasteiger partial charge in [0.25, 0.3) is 0 Å². The lowest BCUT2D eigenvalue weighted by Gasteiger charge is -2.21. The summed E-state index contributed by atoms with van der Waals surface area (Å²) in [7, 11) is 0. The van der Waals surface area contributed by atoms with Crippen LogP contribution in [0, 0.1) is 0 Å². The van der Waals surface area contributed by atoms with Gasteiger partial charge in [-0.1, -0.05) is 188 Å². The molecule has 16 aromatic rings. The average molecular weight is 970 g/mol. The molecule has 0 saturated heterocycles. The van der Waals surface area contributed by atoms with Gasteiger partial charge in [-0.2, -0.15) is 0 Å². The highest BCUT2D eigenvalue weighted by Gasteiger charge is 2.27. The fraction of sp³-hybridized carbons (Fsp3) is 0. The lowest BCUT2D eigenvalue weighted by Crippen LogP contribution is -2.03. The molecule has 354 valence electrons. The zero-order valence-electron chi connectivity index (χ0n) is 41.0. The predicted molar refractivity (Wildman–Crippen MR) is 314 cm³/mol. The summed E-state index contributed by atoms with van der Waals surface area (Å²) in [6, 6.07) is 93.7. The van der Waals surface area contributed by atoms with Crippen molar-refractivity contribution in [2.75, 3.05) is 0 Å². The van der Waals surface area contributed by atoms with Crippen LogP contribution >= 0.6 is 0 Å². The Kier molecular flexibility index (Phi) is 9.23. The van der Waals surface area contributed by atoms with Gasteiger partial charge in [0, 0.05) is 65.6 Å². The Morgan fingerprint density at radius 3 is 1.38 bits per heavy atom. The first-order valence-corrected chi connectivity index (χ1v) is 25.8. The molecule has 0 atom stereocenters. The number of hydrogen-bond donors (Lipinski definition) is 0. The summed E-state index contributed by atoms with van der Waals surface area (Å²) in [6.45, 7) is 0. The normalized spacial score (nSPS) is 11.9. The van der Waals surface area contributed by atoms with Crippen LogP contribution in [-0.2, 0) is 0 Å². The second kappa shape index (κ2) is 16.6. The third-order valence-corrected chi connectivity index (χ3v) is 15.4. The van der Waals surface area contributed by atoms with Gasteiger partial charge < -0.3 is 18.1 Å². The van der Waals surface area contributed by atoms with Gasteiger partial charge in [0.15, 0.2) is 11.4 Å². The molecule has 11 aromatic carbocycles. The van der Waals surface area contributed by atoms with Crippen molar-refractivity contribution in [2.45, 2.75) is 0 Å². The molecular formula is C70H43N5O. The highest BCUT2D eigenvalue weighted by atomic mass is 16.3. The van der Waals surface area contributed by atoms with Gasteiger partial charge >= 0.3 is 0 Å². The third-order valence-electron chi connectivity index (χ3n) is 15.4. The predicted octanol–water partition coefficient (Wildman–Crippen LogP) is 18.3. The molecule has 0 spiro atoms. The van der Waals surface area contributed by atoms with Crippen molar-refractivity contribution >= 4 is 87.5 Å². The second-order valence-corrected chi connectivity index (χ2v) is 19.6. The van der Waals surface area contributed by atoms with Crippen molar-refractivity contribution in [3.8, 4) is 62.0 Å². The minimum absolute atomic E-state index is 0.638. The summed E-state index contributed by atoms with van der Waals surface area (Å²) >= 11 is 0. The second-order valence-electron chi connectivity index (χ2n) is 19.6. The molecule has 5 heterocycles. The van der Waals surface area contributed by atoms with Gasteiger partial charge in [-0.05, 0) is 83.9 Å². The topological polar surface area (TPSA) is 53.7 Å². The maximum Gasteiger partial charge on any atom is 0.180 e. The van der Waals surface area contributed by atoms with E-state index in [-0.39, 0.29) is 0 Å². The minimum atomic E-state index is 0.638. The fourth-order valence-corrected chi connectivity index (χ4v) is 12.2. The fourth-order valence-electron chi connectivity index (χ4n) is 12.2. The number of nitrogens with zero attached hydrogens (tertiary/aromatic N) is 5. The van der Waals surface area contributed by atoms with Crippen LogP contribution in [0.5, 0.6) is 0 Å². The van der Waals surface area contributed by atoms with Crippen LogP contribution in [0.25, 0.3) is 149 Å². The monoisotopic (exact) mass is 969 g/mol. The summed E-state index contributed by atoms with van der Waals surface area (Å²) in [5.41, 5.74) is 19.1. The first kappa shape index (κ1) is 42.2. The molecule has 0 aliphatic rings. The molecule has 0 unspecified atom stereocenters. The first-order chi connectivity index (χ1) is 37.7. The van der Waals surface area contributed by atoms with Crippen LogP contribution in [0.3, 0.4) is 0 Å². The Morgan fingerprint density at radius 2 is 0.803 bits per heavy atom. The van der Waals surface area contributed by atoms with Crippen molar-refractivity contribution < 1.29 is 4.42 Å². The van der Waals surface area contributed by atoms with Crippen LogP contribution in [0.2, 0.25) is 0 Å². The zero-order valence-corrected chi connectivity index (χ0v) is 41.0. The Morgan fingerprint density at radius 1 is 0.316 bits per heavy atom. The van der Waals surface area contributed by atoms with E-state index in [2.05, 4.69) is 238 Å². The molecule has 5 aromatic heterocycles. The van der Waals surface area contributed by atoms with E-state index >= 15 is 0 Å². The lowest BCUT2D eigenvalue weighted by atomic mass is 9.91. The number of hydrogen-bond acceptors (Lipinski definition) is 3. The molecule has 0 amide bonds. The number of fused-ring (bicyclic) bond motifs is 12. The van der Waals surface area contributed by atoms with Crippen molar-refractivity contribution in [3.63, 3.8) is 0 Å². The number of para-hydroxylation sites is 5. The quantitative estimate of drug-likeness (QED) is 0.160. The summed E-state index contributed by atoms with van der Waals surface area (Å²) in [5.74, 6) is 0.638. The van der Waals surface area contributed by atoms with Gasteiger partial charge in [0.1, 0.15) is 16.8 Å². The molecule has 6 heteroatoms. The van der Waals surface area contributed by atoms with Crippen molar-refractivity contribution in [1.29, 1.82) is 0 Å². The molecule has 0 fully saturated rings. The SMILES string of the molecule is c1ccc(-c2nc(-c3cc(-c4ccccc4)c(-n4c5cc(-n6c7ccccc7c7ccccc76)ccc5c5c(-n6c7ccccc7c7ccccc76)cccc54)c(-c4ccccc4)c3)c3oc4ccccc4c3n2)cc1. The number of furan rings is 1. The van der Waals surface area contributed by atoms with Crippen LogP contribution in [-0.4, -0.2) is 23.7 Å². The summed E-state index contributed by atoms with van der Waals surface area (Å²) < 4.78 is 14.3. The molecule has 6 nitrogen and oxygen atoms in total. The van der Waals surface area contributed by atoms with Crippen LogP contribution < -0.4 is 0 Å². The average Bonchev–Trinajstić information content (AvgIpc) is 4.27. The summed E-state index contributed by atoms with van der Waals surface area (Å²) in [4.78, 5) is 10.7. The molecule has 16 rings (SSSR count). The molecule has 0 radical (unpaired) electrons. The molecule has 0 bridgehead atoms. The smallest absolute Gasteiger partial charge is 0.180 e. The highest BCUT2D eigenvalue weighted by molar-refractivity contribution is 6.18. The van der Waals surface area contributed by atoms with Gasteiger partial charge in [-0.15, -0.1) is 0 Å². The van der Waals surface area contributed by atoms with Gasteiger partial charge in [-0.25, -0.2) is 9.97 Å². The van der Waals surface area contributed by atoms with E-state index in [1.165, 1.54) is 21.5 Å². The zero-order chi connectivity index (χ0) is 49.8. The lowest BCUT2D eigenvalue weighted by molar-refractivity contribution is 0.667. The molecular weight excluding hydrogens is 927 g/mol. The van der Waals surface area contributed by atoms with Crippen LogP contribution in [0.15, 0.2) is 265 Å². The van der Waals surface area contributed by atoms with E-state index in [4.69, 9.17) is 14.4 Å².